The molecule has 2 N–H and O–H groups in total. The molecule has 1 aliphatic rings. The molecule has 0 bridgehead atoms. The lowest BCUT2D eigenvalue weighted by Gasteiger charge is -2.22. The summed E-state index contributed by atoms with van der Waals surface area (Å²) >= 11 is 0. The van der Waals surface area contributed by atoms with Crippen molar-refractivity contribution in [3.63, 3.8) is 0 Å². The van der Waals surface area contributed by atoms with E-state index in [-0.39, 0.29) is 5.91 Å². The van der Waals surface area contributed by atoms with Crippen LogP contribution in [0.1, 0.15) is 29.8 Å². The quantitative estimate of drug-likeness (QED) is 0.690. The highest BCUT2D eigenvalue weighted by atomic mass is 16.5. The molecule has 2 aromatic rings. The molecule has 168 valence electrons. The monoisotopic (exact) mass is 428 g/mol. The number of ether oxygens (including phenoxy) is 4. The third-order valence-corrected chi connectivity index (χ3v) is 5.86. The van der Waals surface area contributed by atoms with Gasteiger partial charge in [0.15, 0.2) is 11.5 Å². The van der Waals surface area contributed by atoms with Gasteiger partial charge in [-0.15, -0.1) is 0 Å². The van der Waals surface area contributed by atoms with Gasteiger partial charge in [-0.05, 0) is 42.5 Å². The number of rotatable bonds is 8. The van der Waals surface area contributed by atoms with Crippen molar-refractivity contribution in [2.24, 2.45) is 17.6 Å². The summed E-state index contributed by atoms with van der Waals surface area (Å²) in [5.41, 5.74) is 7.14. The fourth-order valence-electron chi connectivity index (χ4n) is 3.90. The first-order valence-electron chi connectivity index (χ1n) is 10.5. The second-order valence-corrected chi connectivity index (χ2v) is 7.97. The largest absolute Gasteiger partial charge is 0.492 e. The third-order valence-electron chi connectivity index (χ3n) is 5.86. The predicted octanol–water partition coefficient (Wildman–Crippen LogP) is 3.73. The summed E-state index contributed by atoms with van der Waals surface area (Å²) < 4.78 is 22.8. The molecule has 3 rings (SSSR count). The van der Waals surface area contributed by atoms with Crippen molar-refractivity contribution in [2.45, 2.75) is 20.3 Å². The van der Waals surface area contributed by atoms with Gasteiger partial charge in [-0.25, -0.2) is 0 Å². The average molecular weight is 429 g/mol. The Labute approximate surface area is 184 Å². The molecule has 0 aliphatic carbocycles. The van der Waals surface area contributed by atoms with Crippen molar-refractivity contribution >= 4 is 5.91 Å². The van der Waals surface area contributed by atoms with Crippen LogP contribution in [0, 0.1) is 11.8 Å². The maximum Gasteiger partial charge on any atom is 0.257 e. The molecule has 0 radical (unpaired) electrons. The summed E-state index contributed by atoms with van der Waals surface area (Å²) in [6.45, 7) is 6.31. The van der Waals surface area contributed by atoms with Crippen LogP contribution in [-0.4, -0.2) is 51.8 Å². The Bertz CT molecular complexity index is 903. The minimum absolute atomic E-state index is 0.114. The highest BCUT2D eigenvalue weighted by Crippen LogP contribution is 2.48. The summed E-state index contributed by atoms with van der Waals surface area (Å²) in [6, 6.07) is 9.34. The lowest BCUT2D eigenvalue weighted by molar-refractivity contribution is 0.0780. The number of amides is 1. The normalized spacial score (nSPS) is 18.1. The van der Waals surface area contributed by atoms with Crippen LogP contribution in [0.4, 0.5) is 0 Å². The van der Waals surface area contributed by atoms with Gasteiger partial charge < -0.3 is 29.6 Å². The van der Waals surface area contributed by atoms with Crippen molar-refractivity contribution in [1.82, 2.24) is 4.90 Å². The third kappa shape index (κ3) is 4.71. The summed E-state index contributed by atoms with van der Waals surface area (Å²) in [4.78, 5) is 15.2. The first kappa shape index (κ1) is 22.7. The van der Waals surface area contributed by atoms with Gasteiger partial charge in [-0.3, -0.25) is 4.79 Å². The molecule has 0 aromatic heterocycles. The van der Waals surface area contributed by atoms with Crippen LogP contribution in [0.25, 0.3) is 0 Å². The summed E-state index contributed by atoms with van der Waals surface area (Å²) in [5, 5.41) is 0. The lowest BCUT2D eigenvalue weighted by Crippen LogP contribution is -2.29. The van der Waals surface area contributed by atoms with Gasteiger partial charge >= 0.3 is 0 Å². The zero-order valence-electron chi connectivity index (χ0n) is 18.9. The Hall–Kier alpha value is -2.93. The van der Waals surface area contributed by atoms with E-state index in [0.717, 1.165) is 12.0 Å². The number of hydrogen-bond acceptors (Lipinski definition) is 6. The van der Waals surface area contributed by atoms with E-state index in [2.05, 4.69) is 13.8 Å². The number of nitrogens with zero attached hydrogens (tertiary/aromatic N) is 1. The number of carbonyl (C=O) groups is 1. The maximum atomic E-state index is 13.4. The van der Waals surface area contributed by atoms with Gasteiger partial charge in [0.05, 0.1) is 26.9 Å². The molecule has 0 unspecified atom stereocenters. The molecule has 1 saturated heterocycles. The molecular weight excluding hydrogens is 396 g/mol. The van der Waals surface area contributed by atoms with Crippen molar-refractivity contribution in [3.8, 4) is 28.7 Å². The van der Waals surface area contributed by atoms with Gasteiger partial charge in [0.1, 0.15) is 5.75 Å². The van der Waals surface area contributed by atoms with E-state index in [1.807, 2.05) is 29.2 Å². The molecule has 1 heterocycles. The Balaban J connectivity index is 2.02. The lowest BCUT2D eigenvalue weighted by atomic mass is 10.0. The molecule has 1 aliphatic heterocycles. The Morgan fingerprint density at radius 1 is 0.968 bits per heavy atom. The van der Waals surface area contributed by atoms with Gasteiger partial charge in [0.25, 0.3) is 5.91 Å². The average Bonchev–Trinajstić information content (AvgIpc) is 3.12. The molecule has 7 heteroatoms. The van der Waals surface area contributed by atoms with Crippen LogP contribution in [0.5, 0.6) is 28.7 Å². The summed E-state index contributed by atoms with van der Waals surface area (Å²) in [6.07, 6.45) is 0.797. The molecule has 7 nitrogen and oxygen atoms in total. The van der Waals surface area contributed by atoms with Crippen LogP contribution >= 0.6 is 0 Å². The number of benzene rings is 2. The van der Waals surface area contributed by atoms with Gasteiger partial charge in [-0.1, -0.05) is 26.0 Å². The molecular formula is C24H32N2O5. The number of hydrogen-bond donors (Lipinski definition) is 1. The Morgan fingerprint density at radius 2 is 1.55 bits per heavy atom. The number of methoxy groups -OCH3 is 3. The van der Waals surface area contributed by atoms with E-state index in [9.17, 15) is 4.79 Å². The standard InChI is InChI=1S/C24H32N2O5/c1-15-13-26(14-16(15)2)24(27)19-12-20(22(29-4)23(30-5)21(19)28-3)31-18-8-6-17(7-9-18)10-11-25/h6-9,12,15-16H,10-11,13-14,25H2,1-5H3/t15-,16+. The second kappa shape index (κ2) is 9.92. The van der Waals surface area contributed by atoms with E-state index in [1.165, 1.54) is 21.3 Å². The number of nitrogens with two attached hydrogens (primary N) is 1. The van der Waals surface area contributed by atoms with E-state index >= 15 is 0 Å². The van der Waals surface area contributed by atoms with E-state index in [1.54, 1.807) is 6.07 Å². The Morgan fingerprint density at radius 3 is 2.06 bits per heavy atom. The van der Waals surface area contributed by atoms with E-state index in [4.69, 9.17) is 24.7 Å². The molecule has 1 fully saturated rings. The van der Waals surface area contributed by atoms with Crippen LogP contribution in [0.3, 0.4) is 0 Å². The van der Waals surface area contributed by atoms with E-state index in [0.29, 0.717) is 65.8 Å². The maximum absolute atomic E-state index is 13.4. The van der Waals surface area contributed by atoms with E-state index < -0.39 is 0 Å². The van der Waals surface area contributed by atoms with Gasteiger partial charge in [0, 0.05) is 19.2 Å². The summed E-state index contributed by atoms with van der Waals surface area (Å²) in [5.74, 6) is 2.80. The predicted molar refractivity (Wildman–Crippen MR) is 120 cm³/mol. The number of carbonyl (C=O) groups excluding carboxylic acids is 1. The molecule has 31 heavy (non-hydrogen) atoms. The molecule has 0 saturated carbocycles. The fraction of sp³-hybridized carbons (Fsp3) is 0.458. The second-order valence-electron chi connectivity index (χ2n) is 7.97. The first-order chi connectivity index (χ1) is 14.9. The minimum atomic E-state index is -0.114. The van der Waals surface area contributed by atoms with Crippen molar-refractivity contribution < 1.29 is 23.7 Å². The van der Waals surface area contributed by atoms with Crippen molar-refractivity contribution in [2.75, 3.05) is 41.0 Å². The SMILES string of the molecule is COc1c(Oc2ccc(CCN)cc2)cc(C(=O)N2C[C@@H](C)[C@@H](C)C2)c(OC)c1OC. The first-order valence-corrected chi connectivity index (χ1v) is 10.5. The van der Waals surface area contributed by atoms with Gasteiger partial charge in [0.2, 0.25) is 11.5 Å². The molecule has 1 amide bonds. The zero-order chi connectivity index (χ0) is 22.5. The van der Waals surface area contributed by atoms with Crippen LogP contribution in [-0.2, 0) is 6.42 Å². The molecule has 2 aromatic carbocycles. The highest BCUT2D eigenvalue weighted by molar-refractivity contribution is 5.99. The highest BCUT2D eigenvalue weighted by Gasteiger charge is 2.34. The minimum Gasteiger partial charge on any atom is -0.492 e. The fourth-order valence-corrected chi connectivity index (χ4v) is 3.90. The van der Waals surface area contributed by atoms with Crippen molar-refractivity contribution in [1.29, 1.82) is 0 Å². The smallest absolute Gasteiger partial charge is 0.257 e. The summed E-state index contributed by atoms with van der Waals surface area (Å²) in [7, 11) is 4.56. The zero-order valence-corrected chi connectivity index (χ0v) is 18.9. The van der Waals surface area contributed by atoms with Crippen LogP contribution < -0.4 is 24.7 Å². The van der Waals surface area contributed by atoms with Gasteiger partial charge in [-0.2, -0.15) is 0 Å². The molecule has 0 spiro atoms. The number of likely N-dealkylation sites (tertiary alicyclic amines) is 1. The molecule has 2 atom stereocenters. The topological polar surface area (TPSA) is 83.3 Å². The Kier molecular flexibility index (Phi) is 7.28. The van der Waals surface area contributed by atoms with Crippen LogP contribution in [0.2, 0.25) is 0 Å². The van der Waals surface area contributed by atoms with Crippen LogP contribution in [0.15, 0.2) is 30.3 Å². The van der Waals surface area contributed by atoms with Crippen molar-refractivity contribution in [3.05, 3.63) is 41.5 Å².